The minimum Gasteiger partial charge on any atom is -0.415 e. The molecule has 3 amide bonds. The summed E-state index contributed by atoms with van der Waals surface area (Å²) in [4.78, 5) is 42.3. The SMILES string of the molecule is CC(C)C[C@H](C(=O)NC(=O)[C@@H]1CCCC[C@@H]1NC(=O)c1cccc(CN2CCOCC2)c1)c1nnc(SC(C)C)o1.Cl. The highest BCUT2D eigenvalue weighted by molar-refractivity contribution is 7.99. The maximum absolute atomic E-state index is 13.4. The summed E-state index contributed by atoms with van der Waals surface area (Å²) >= 11 is 1.43. The van der Waals surface area contributed by atoms with Gasteiger partial charge in [-0.25, -0.2) is 0 Å². The van der Waals surface area contributed by atoms with Gasteiger partial charge in [-0.05, 0) is 42.9 Å². The predicted molar refractivity (Wildman–Crippen MR) is 164 cm³/mol. The number of nitrogens with zero attached hydrogens (tertiary/aromatic N) is 3. The van der Waals surface area contributed by atoms with Crippen LogP contribution in [0, 0.1) is 11.8 Å². The van der Waals surface area contributed by atoms with Crippen molar-refractivity contribution in [3.8, 4) is 0 Å². The fraction of sp³-hybridized carbons (Fsp3) is 0.633. The lowest BCUT2D eigenvalue weighted by Crippen LogP contribution is -2.50. The number of rotatable bonds is 11. The molecule has 2 heterocycles. The average Bonchev–Trinajstić information content (AvgIpc) is 3.40. The van der Waals surface area contributed by atoms with Gasteiger partial charge in [0.05, 0.1) is 19.1 Å². The highest BCUT2D eigenvalue weighted by Gasteiger charge is 2.36. The first-order valence-electron chi connectivity index (χ1n) is 14.7. The molecule has 42 heavy (non-hydrogen) atoms. The average molecular weight is 622 g/mol. The highest BCUT2D eigenvalue weighted by atomic mass is 35.5. The van der Waals surface area contributed by atoms with Gasteiger partial charge in [0.1, 0.15) is 5.92 Å². The van der Waals surface area contributed by atoms with Crippen molar-refractivity contribution in [2.75, 3.05) is 26.3 Å². The molecule has 0 unspecified atom stereocenters. The third kappa shape index (κ3) is 9.79. The summed E-state index contributed by atoms with van der Waals surface area (Å²) in [6.07, 6.45) is 3.53. The lowest BCUT2D eigenvalue weighted by atomic mass is 9.83. The Morgan fingerprint density at radius 3 is 2.52 bits per heavy atom. The second-order valence-corrected chi connectivity index (χ2v) is 13.2. The molecule has 0 bridgehead atoms. The summed E-state index contributed by atoms with van der Waals surface area (Å²) in [6, 6.07) is 7.28. The molecular weight excluding hydrogens is 578 g/mol. The van der Waals surface area contributed by atoms with E-state index in [1.165, 1.54) is 11.8 Å². The smallest absolute Gasteiger partial charge is 0.276 e. The van der Waals surface area contributed by atoms with Crippen molar-refractivity contribution in [2.45, 2.75) is 88.8 Å². The maximum atomic E-state index is 13.4. The van der Waals surface area contributed by atoms with E-state index in [-0.39, 0.29) is 47.3 Å². The third-order valence-electron chi connectivity index (χ3n) is 7.44. The minimum absolute atomic E-state index is 0. The molecule has 2 fully saturated rings. The number of hydrogen-bond donors (Lipinski definition) is 2. The quantitative estimate of drug-likeness (QED) is 0.347. The lowest BCUT2D eigenvalue weighted by molar-refractivity contribution is -0.135. The van der Waals surface area contributed by atoms with Crippen LogP contribution in [-0.4, -0.2) is 70.4 Å². The normalized spacial score (nSPS) is 20.1. The van der Waals surface area contributed by atoms with Gasteiger partial charge in [-0.3, -0.25) is 24.6 Å². The van der Waals surface area contributed by atoms with E-state index in [9.17, 15) is 14.4 Å². The molecule has 2 aliphatic rings. The summed E-state index contributed by atoms with van der Waals surface area (Å²) in [5, 5.41) is 14.6. The molecule has 1 aliphatic carbocycles. The summed E-state index contributed by atoms with van der Waals surface area (Å²) in [6.45, 7) is 12.0. The van der Waals surface area contributed by atoms with Gasteiger partial charge < -0.3 is 14.5 Å². The van der Waals surface area contributed by atoms with Crippen LogP contribution in [0.2, 0.25) is 0 Å². The Balaban J connectivity index is 0.00000484. The van der Waals surface area contributed by atoms with Crippen LogP contribution in [0.15, 0.2) is 33.9 Å². The van der Waals surface area contributed by atoms with Crippen LogP contribution in [0.25, 0.3) is 0 Å². The first kappa shape index (κ1) is 34.0. The Morgan fingerprint density at radius 1 is 1.07 bits per heavy atom. The van der Waals surface area contributed by atoms with E-state index < -0.39 is 17.7 Å². The molecule has 232 valence electrons. The number of thioether (sulfide) groups is 1. The number of imide groups is 1. The Hall–Kier alpha value is -2.47. The van der Waals surface area contributed by atoms with Crippen molar-refractivity contribution < 1.29 is 23.5 Å². The monoisotopic (exact) mass is 621 g/mol. The van der Waals surface area contributed by atoms with Gasteiger partial charge in [0, 0.05) is 36.5 Å². The number of amides is 3. The standard InChI is InChI=1S/C30H43N5O5S.ClH/c1-19(2)16-24(29-33-34-30(40-29)41-20(3)4)28(38)32-27(37)23-10-5-6-11-25(23)31-26(36)22-9-7-8-21(17-22)18-35-12-14-39-15-13-35;/h7-9,17,19-20,23-25H,5-6,10-16,18H2,1-4H3,(H,31,36)(H,32,37,38);1H/t23-,24-,25+;/m1./s1. The zero-order valence-corrected chi connectivity index (χ0v) is 26.6. The molecule has 2 aromatic rings. The van der Waals surface area contributed by atoms with E-state index >= 15 is 0 Å². The van der Waals surface area contributed by atoms with Crippen LogP contribution in [0.1, 0.15) is 87.5 Å². The molecule has 0 radical (unpaired) electrons. The fourth-order valence-electron chi connectivity index (χ4n) is 5.40. The Labute approximate surface area is 258 Å². The molecule has 0 spiro atoms. The van der Waals surface area contributed by atoms with Gasteiger partial charge in [0.2, 0.25) is 17.7 Å². The van der Waals surface area contributed by atoms with E-state index in [4.69, 9.17) is 9.15 Å². The van der Waals surface area contributed by atoms with Crippen LogP contribution in [0.5, 0.6) is 0 Å². The van der Waals surface area contributed by atoms with Gasteiger partial charge in [-0.2, -0.15) is 0 Å². The number of nitrogens with one attached hydrogen (secondary N) is 2. The number of carbonyl (C=O) groups excluding carboxylic acids is 3. The zero-order valence-electron chi connectivity index (χ0n) is 25.0. The van der Waals surface area contributed by atoms with Crippen LogP contribution in [0.3, 0.4) is 0 Å². The van der Waals surface area contributed by atoms with Crippen molar-refractivity contribution in [3.05, 3.63) is 41.3 Å². The Bertz CT molecular complexity index is 1190. The van der Waals surface area contributed by atoms with Crippen molar-refractivity contribution >= 4 is 41.9 Å². The molecule has 1 aromatic carbocycles. The maximum Gasteiger partial charge on any atom is 0.276 e. The topological polar surface area (TPSA) is 127 Å². The molecule has 12 heteroatoms. The van der Waals surface area contributed by atoms with Gasteiger partial charge in [-0.1, -0.05) is 64.4 Å². The van der Waals surface area contributed by atoms with Gasteiger partial charge >= 0.3 is 0 Å². The lowest BCUT2D eigenvalue weighted by Gasteiger charge is -2.31. The second kappa shape index (κ2) is 16.4. The van der Waals surface area contributed by atoms with Crippen molar-refractivity contribution in [3.63, 3.8) is 0 Å². The second-order valence-electron chi connectivity index (χ2n) is 11.7. The third-order valence-corrected chi connectivity index (χ3v) is 8.28. The first-order valence-corrected chi connectivity index (χ1v) is 15.6. The molecule has 1 saturated heterocycles. The number of halogens is 1. The Morgan fingerprint density at radius 2 is 1.81 bits per heavy atom. The van der Waals surface area contributed by atoms with Crippen LogP contribution < -0.4 is 10.6 Å². The number of aromatic nitrogens is 2. The molecule has 3 atom stereocenters. The Kier molecular flexibility index (Phi) is 13.3. The summed E-state index contributed by atoms with van der Waals surface area (Å²) in [5.74, 6) is -1.84. The number of carbonyl (C=O) groups is 3. The van der Waals surface area contributed by atoms with Gasteiger partial charge in [0.25, 0.3) is 11.1 Å². The molecule has 10 nitrogen and oxygen atoms in total. The van der Waals surface area contributed by atoms with Gasteiger partial charge in [0.15, 0.2) is 0 Å². The predicted octanol–water partition coefficient (Wildman–Crippen LogP) is 4.59. The summed E-state index contributed by atoms with van der Waals surface area (Å²) in [5.41, 5.74) is 1.63. The van der Waals surface area contributed by atoms with Crippen molar-refractivity contribution in [1.29, 1.82) is 0 Å². The van der Waals surface area contributed by atoms with E-state index in [0.717, 1.165) is 51.3 Å². The van der Waals surface area contributed by atoms with Crippen LogP contribution in [-0.2, 0) is 20.9 Å². The highest BCUT2D eigenvalue weighted by Crippen LogP contribution is 2.29. The molecule has 1 aromatic heterocycles. The number of hydrogen-bond acceptors (Lipinski definition) is 9. The molecule has 4 rings (SSSR count). The van der Waals surface area contributed by atoms with E-state index in [1.807, 2.05) is 45.9 Å². The minimum atomic E-state index is -0.723. The molecule has 1 aliphatic heterocycles. The number of ether oxygens (including phenoxy) is 1. The largest absolute Gasteiger partial charge is 0.415 e. The van der Waals surface area contributed by atoms with Crippen molar-refractivity contribution in [1.82, 2.24) is 25.7 Å². The van der Waals surface area contributed by atoms with Gasteiger partial charge in [-0.15, -0.1) is 22.6 Å². The van der Waals surface area contributed by atoms with Crippen LogP contribution in [0.4, 0.5) is 0 Å². The zero-order chi connectivity index (χ0) is 29.4. The van der Waals surface area contributed by atoms with Crippen molar-refractivity contribution in [2.24, 2.45) is 11.8 Å². The summed E-state index contributed by atoms with van der Waals surface area (Å²) in [7, 11) is 0. The summed E-state index contributed by atoms with van der Waals surface area (Å²) < 4.78 is 11.2. The number of benzene rings is 1. The molecule has 1 saturated carbocycles. The van der Waals surface area contributed by atoms with E-state index in [0.29, 0.717) is 30.0 Å². The van der Waals surface area contributed by atoms with E-state index in [2.05, 4.69) is 25.7 Å². The van der Waals surface area contributed by atoms with E-state index in [1.54, 1.807) is 6.07 Å². The van der Waals surface area contributed by atoms with Crippen LogP contribution >= 0.6 is 24.2 Å². The molecule has 2 N–H and O–H groups in total. The fourth-order valence-corrected chi connectivity index (χ4v) is 6.03. The first-order chi connectivity index (χ1) is 19.7. The number of morpholine rings is 1. The molecular formula is C30H44ClN5O5S.